The number of carbonyl (C=O) groups excluding carboxylic acids is 2. The highest BCUT2D eigenvalue weighted by Gasteiger charge is 2.49. The van der Waals surface area contributed by atoms with Crippen LogP contribution in [0.1, 0.15) is 53.2 Å². The van der Waals surface area contributed by atoms with E-state index in [1.807, 2.05) is 60.8 Å². The molecular formula is C24H29N5O3. The van der Waals surface area contributed by atoms with Gasteiger partial charge in [0, 0.05) is 24.5 Å². The lowest BCUT2D eigenvalue weighted by molar-refractivity contribution is 0.0202. The van der Waals surface area contributed by atoms with E-state index in [4.69, 9.17) is 4.74 Å². The summed E-state index contributed by atoms with van der Waals surface area (Å²) in [6, 6.07) is 9.73. The highest BCUT2D eigenvalue weighted by atomic mass is 16.5. The number of aromatic amines is 1. The van der Waals surface area contributed by atoms with E-state index in [1.165, 1.54) is 0 Å². The van der Waals surface area contributed by atoms with Gasteiger partial charge in [-0.15, -0.1) is 0 Å². The zero-order chi connectivity index (χ0) is 22.5. The van der Waals surface area contributed by atoms with Gasteiger partial charge in [-0.1, -0.05) is 18.2 Å². The van der Waals surface area contributed by atoms with E-state index in [-0.39, 0.29) is 23.5 Å². The fourth-order valence-electron chi connectivity index (χ4n) is 4.40. The molecule has 3 aromatic rings. The van der Waals surface area contributed by atoms with Crippen molar-refractivity contribution in [1.29, 1.82) is 0 Å². The number of nitrogens with zero attached hydrogens (tertiary/aromatic N) is 4. The summed E-state index contributed by atoms with van der Waals surface area (Å²) in [5, 5.41) is 5.44. The number of hydrogen-bond donors (Lipinski definition) is 1. The van der Waals surface area contributed by atoms with Gasteiger partial charge in [0.1, 0.15) is 5.69 Å². The van der Waals surface area contributed by atoms with E-state index >= 15 is 0 Å². The van der Waals surface area contributed by atoms with Crippen LogP contribution in [0.3, 0.4) is 0 Å². The van der Waals surface area contributed by atoms with E-state index < -0.39 is 0 Å². The number of hydrogen-bond acceptors (Lipinski definition) is 4. The van der Waals surface area contributed by atoms with Gasteiger partial charge in [0.25, 0.3) is 11.8 Å². The topological polar surface area (TPSA) is 83.5 Å². The second-order valence-electron chi connectivity index (χ2n) is 9.17. The first-order valence-corrected chi connectivity index (χ1v) is 11.2. The Labute approximate surface area is 187 Å². The van der Waals surface area contributed by atoms with Crippen LogP contribution in [-0.2, 0) is 17.8 Å². The molecule has 0 atom stereocenters. The van der Waals surface area contributed by atoms with Gasteiger partial charge < -0.3 is 19.5 Å². The Hall–Kier alpha value is -3.13. The maximum Gasteiger partial charge on any atom is 0.270 e. The number of H-pyrrole nitrogens is 1. The minimum Gasteiger partial charge on any atom is -0.376 e. The molecule has 168 valence electrons. The zero-order valence-electron chi connectivity index (χ0n) is 18.8. The Balaban J connectivity index is 1.34. The second-order valence-corrected chi connectivity index (χ2v) is 9.17. The molecular weight excluding hydrogens is 406 g/mol. The fraction of sp³-hybridized carbons (Fsp3) is 0.458. The van der Waals surface area contributed by atoms with Crippen molar-refractivity contribution in [3.8, 4) is 0 Å². The number of fused-ring (bicyclic) bond motifs is 2. The summed E-state index contributed by atoms with van der Waals surface area (Å²) in [5.74, 6) is -0.125. The van der Waals surface area contributed by atoms with Crippen LogP contribution in [0.4, 0.5) is 0 Å². The van der Waals surface area contributed by atoms with Gasteiger partial charge in [-0.25, -0.2) is 0 Å². The van der Waals surface area contributed by atoms with E-state index in [2.05, 4.69) is 10.1 Å². The van der Waals surface area contributed by atoms with Crippen LogP contribution >= 0.6 is 0 Å². The van der Waals surface area contributed by atoms with Crippen LogP contribution in [0, 0.1) is 0 Å². The van der Waals surface area contributed by atoms with Crippen LogP contribution < -0.4 is 0 Å². The molecule has 0 radical (unpaired) electrons. The average molecular weight is 436 g/mol. The normalized spacial score (nSPS) is 16.9. The smallest absolute Gasteiger partial charge is 0.270 e. The SMILES string of the molecule is CC(C)OCC1(N(C)C(=O)c2cnn3c2CN(C(=O)c2cc4ccccc4[nH]2)CC3)CC1. The Morgan fingerprint density at radius 2 is 2.03 bits per heavy atom. The minimum absolute atomic E-state index is 0.0592. The van der Waals surface area contributed by atoms with E-state index in [9.17, 15) is 9.59 Å². The second kappa shape index (κ2) is 7.78. The summed E-state index contributed by atoms with van der Waals surface area (Å²) in [4.78, 5) is 33.4. The quantitative estimate of drug-likeness (QED) is 0.645. The Morgan fingerprint density at radius 1 is 1.25 bits per heavy atom. The standard InChI is InChI=1S/C24H29N5O3/c1-16(2)32-15-24(8-9-24)27(3)22(30)18-13-25-29-11-10-28(14-21(18)29)23(31)20-12-17-6-4-5-7-19(17)26-20/h4-7,12-13,16,26H,8-11,14-15H2,1-3H3. The van der Waals surface area contributed by atoms with Crippen molar-refractivity contribution in [3.63, 3.8) is 0 Å². The summed E-state index contributed by atoms with van der Waals surface area (Å²) in [5.41, 5.74) is 2.63. The summed E-state index contributed by atoms with van der Waals surface area (Å²) < 4.78 is 7.67. The molecule has 8 nitrogen and oxygen atoms in total. The number of benzene rings is 1. The first-order chi connectivity index (χ1) is 15.4. The average Bonchev–Trinajstić information content (AvgIpc) is 3.27. The zero-order valence-corrected chi connectivity index (χ0v) is 18.8. The molecule has 2 amide bonds. The number of carbonyl (C=O) groups is 2. The van der Waals surface area contributed by atoms with Crippen molar-refractivity contribution in [3.05, 3.63) is 53.5 Å². The molecule has 2 aliphatic rings. The summed E-state index contributed by atoms with van der Waals surface area (Å²) in [6.45, 7) is 6.04. The monoisotopic (exact) mass is 435 g/mol. The van der Waals surface area contributed by atoms with Crippen LogP contribution in [0.25, 0.3) is 10.9 Å². The largest absolute Gasteiger partial charge is 0.376 e. The van der Waals surface area contributed by atoms with E-state index in [1.54, 1.807) is 11.1 Å². The van der Waals surface area contributed by atoms with E-state index in [0.717, 1.165) is 29.4 Å². The molecule has 8 heteroatoms. The first-order valence-electron chi connectivity index (χ1n) is 11.2. The molecule has 2 aromatic heterocycles. The molecule has 3 heterocycles. The number of amides is 2. The highest BCUT2D eigenvalue weighted by molar-refractivity contribution is 5.99. The van der Waals surface area contributed by atoms with Crippen molar-refractivity contribution < 1.29 is 14.3 Å². The third-order valence-electron chi connectivity index (χ3n) is 6.68. The summed E-state index contributed by atoms with van der Waals surface area (Å²) >= 11 is 0. The van der Waals surface area contributed by atoms with Gasteiger partial charge in [-0.3, -0.25) is 14.3 Å². The number of nitrogens with one attached hydrogen (secondary N) is 1. The maximum atomic E-state index is 13.4. The van der Waals surface area contributed by atoms with Crippen LogP contribution in [0.2, 0.25) is 0 Å². The predicted molar refractivity (Wildman–Crippen MR) is 120 cm³/mol. The molecule has 1 aliphatic carbocycles. The van der Waals surface area contributed by atoms with Crippen molar-refractivity contribution in [2.75, 3.05) is 20.2 Å². The van der Waals surface area contributed by atoms with Crippen LogP contribution in [0.5, 0.6) is 0 Å². The Bertz CT molecular complexity index is 1140. The van der Waals surface area contributed by atoms with Gasteiger partial charge in [0.05, 0.1) is 48.8 Å². The van der Waals surface area contributed by atoms with Gasteiger partial charge in [-0.2, -0.15) is 5.10 Å². The number of aromatic nitrogens is 3. The van der Waals surface area contributed by atoms with Crippen molar-refractivity contribution in [2.24, 2.45) is 0 Å². The lowest BCUT2D eigenvalue weighted by atomic mass is 10.1. The molecule has 0 bridgehead atoms. The van der Waals surface area contributed by atoms with E-state index in [0.29, 0.717) is 37.5 Å². The van der Waals surface area contributed by atoms with Gasteiger partial charge in [-0.05, 0) is 38.8 Å². The maximum absolute atomic E-state index is 13.4. The molecule has 1 saturated carbocycles. The van der Waals surface area contributed by atoms with Crippen LogP contribution in [-0.4, -0.2) is 68.2 Å². The van der Waals surface area contributed by atoms with Crippen molar-refractivity contribution in [2.45, 2.75) is 51.4 Å². The third kappa shape index (κ3) is 3.58. The Kier molecular flexibility index (Phi) is 5.04. The van der Waals surface area contributed by atoms with Gasteiger partial charge in [0.2, 0.25) is 0 Å². The number of ether oxygens (including phenoxy) is 1. The fourth-order valence-corrected chi connectivity index (χ4v) is 4.40. The highest BCUT2D eigenvalue weighted by Crippen LogP contribution is 2.42. The van der Waals surface area contributed by atoms with Gasteiger partial charge in [0.15, 0.2) is 0 Å². The molecule has 0 spiro atoms. The minimum atomic E-state index is -0.231. The van der Waals surface area contributed by atoms with Crippen molar-refractivity contribution in [1.82, 2.24) is 24.6 Å². The lowest BCUT2D eigenvalue weighted by Crippen LogP contribution is -2.44. The van der Waals surface area contributed by atoms with Gasteiger partial charge >= 0.3 is 0 Å². The molecule has 0 saturated heterocycles. The van der Waals surface area contributed by atoms with Crippen LogP contribution in [0.15, 0.2) is 36.5 Å². The lowest BCUT2D eigenvalue weighted by Gasteiger charge is -2.31. The molecule has 1 fully saturated rings. The molecule has 1 aliphatic heterocycles. The number of likely N-dealkylation sites (N-methyl/N-ethyl adjacent to an activating group) is 1. The number of para-hydroxylation sites is 1. The molecule has 5 rings (SSSR count). The summed E-state index contributed by atoms with van der Waals surface area (Å²) in [6.07, 6.45) is 3.65. The predicted octanol–water partition coefficient (Wildman–Crippen LogP) is 3.05. The first kappa shape index (κ1) is 20.8. The molecule has 1 N–H and O–H groups in total. The molecule has 0 unspecified atom stereocenters. The Morgan fingerprint density at radius 3 is 2.75 bits per heavy atom. The third-order valence-corrected chi connectivity index (χ3v) is 6.68. The molecule has 1 aromatic carbocycles. The van der Waals surface area contributed by atoms with Crippen molar-refractivity contribution >= 4 is 22.7 Å². The number of rotatable bonds is 6. The molecule has 32 heavy (non-hydrogen) atoms. The summed E-state index contributed by atoms with van der Waals surface area (Å²) in [7, 11) is 1.85.